The van der Waals surface area contributed by atoms with E-state index in [-0.39, 0.29) is 28.8 Å². The second-order valence-corrected chi connectivity index (χ2v) is 7.07. The van der Waals surface area contributed by atoms with Crippen molar-refractivity contribution in [1.82, 2.24) is 4.90 Å². The Kier molecular flexibility index (Phi) is 5.32. The normalized spacial score (nSPS) is 13.6. The smallest absolute Gasteiger partial charge is 0.337 e. The standard InChI is InChI=1S/C24H18N2O5/c27-21(25-19-13-7-6-12-18(19)24(30)31)20(14-15-8-2-1-3-9-15)26-22(28)16-10-4-5-11-17(16)23(26)29/h1-13,20H,14H2,(H,25,27)(H,30,31)/t20-/m0/s1. The van der Waals surface area contributed by atoms with Crippen LogP contribution in [0.1, 0.15) is 36.6 Å². The summed E-state index contributed by atoms with van der Waals surface area (Å²) in [4.78, 5) is 51.7. The van der Waals surface area contributed by atoms with Gasteiger partial charge >= 0.3 is 5.97 Å². The van der Waals surface area contributed by atoms with E-state index in [0.717, 1.165) is 10.5 Å². The van der Waals surface area contributed by atoms with Gasteiger partial charge in [0.05, 0.1) is 22.4 Å². The van der Waals surface area contributed by atoms with Gasteiger partial charge in [0.15, 0.2) is 0 Å². The summed E-state index contributed by atoms with van der Waals surface area (Å²) < 4.78 is 0. The van der Waals surface area contributed by atoms with Crippen molar-refractivity contribution in [3.05, 3.63) is 101 Å². The molecular weight excluding hydrogens is 396 g/mol. The van der Waals surface area contributed by atoms with E-state index in [2.05, 4.69) is 5.32 Å². The van der Waals surface area contributed by atoms with Crippen molar-refractivity contribution in [3.63, 3.8) is 0 Å². The van der Waals surface area contributed by atoms with E-state index in [4.69, 9.17) is 0 Å². The van der Waals surface area contributed by atoms with Crippen LogP contribution in [0.2, 0.25) is 0 Å². The SMILES string of the molecule is O=C(O)c1ccccc1NC(=O)[C@H](Cc1ccccc1)N1C(=O)c2ccccc2C1=O. The Bertz CT molecular complexity index is 1150. The van der Waals surface area contributed by atoms with Gasteiger partial charge in [-0.1, -0.05) is 54.6 Å². The van der Waals surface area contributed by atoms with Crippen molar-refractivity contribution in [2.24, 2.45) is 0 Å². The first-order chi connectivity index (χ1) is 15.0. The Morgan fingerprint density at radius 1 is 0.806 bits per heavy atom. The average Bonchev–Trinajstić information content (AvgIpc) is 3.03. The van der Waals surface area contributed by atoms with Gasteiger partial charge < -0.3 is 10.4 Å². The maximum atomic E-state index is 13.3. The number of carbonyl (C=O) groups excluding carboxylic acids is 3. The Labute approximate surface area is 177 Å². The number of imide groups is 1. The highest BCUT2D eigenvalue weighted by Crippen LogP contribution is 2.27. The lowest BCUT2D eigenvalue weighted by molar-refractivity contribution is -0.119. The summed E-state index contributed by atoms with van der Waals surface area (Å²) in [5.74, 6) is -2.95. The van der Waals surface area contributed by atoms with Crippen molar-refractivity contribution in [3.8, 4) is 0 Å². The van der Waals surface area contributed by atoms with Crippen LogP contribution in [0.25, 0.3) is 0 Å². The number of carbonyl (C=O) groups is 4. The van der Waals surface area contributed by atoms with Gasteiger partial charge in [-0.2, -0.15) is 0 Å². The zero-order valence-corrected chi connectivity index (χ0v) is 16.3. The maximum Gasteiger partial charge on any atom is 0.337 e. The van der Waals surface area contributed by atoms with E-state index >= 15 is 0 Å². The Morgan fingerprint density at radius 2 is 1.35 bits per heavy atom. The number of fused-ring (bicyclic) bond motifs is 1. The zero-order chi connectivity index (χ0) is 22.0. The molecule has 31 heavy (non-hydrogen) atoms. The molecule has 3 aromatic rings. The molecular formula is C24H18N2O5. The quantitative estimate of drug-likeness (QED) is 0.603. The first-order valence-corrected chi connectivity index (χ1v) is 9.61. The first kappa shape index (κ1) is 20.0. The highest BCUT2D eigenvalue weighted by atomic mass is 16.4. The fourth-order valence-electron chi connectivity index (χ4n) is 3.62. The zero-order valence-electron chi connectivity index (χ0n) is 16.3. The van der Waals surface area contributed by atoms with Crippen LogP contribution < -0.4 is 5.32 Å². The van der Waals surface area contributed by atoms with Crippen molar-refractivity contribution >= 4 is 29.4 Å². The lowest BCUT2D eigenvalue weighted by atomic mass is 10.0. The van der Waals surface area contributed by atoms with Crippen LogP contribution in [-0.4, -0.2) is 39.7 Å². The molecule has 1 aliphatic heterocycles. The number of rotatable bonds is 6. The minimum absolute atomic E-state index is 0.0864. The molecule has 154 valence electrons. The van der Waals surface area contributed by atoms with Gasteiger partial charge in [0.1, 0.15) is 6.04 Å². The summed E-state index contributed by atoms with van der Waals surface area (Å²) in [6.07, 6.45) is 0.0907. The topological polar surface area (TPSA) is 104 Å². The van der Waals surface area contributed by atoms with E-state index in [1.54, 1.807) is 60.7 Å². The minimum atomic E-state index is -1.20. The fourth-order valence-corrected chi connectivity index (χ4v) is 3.62. The number of aromatic carboxylic acids is 1. The molecule has 1 heterocycles. The van der Waals surface area contributed by atoms with Crippen LogP contribution >= 0.6 is 0 Å². The molecule has 0 saturated heterocycles. The maximum absolute atomic E-state index is 13.3. The summed E-state index contributed by atoms with van der Waals surface area (Å²) in [5.41, 5.74) is 1.24. The van der Waals surface area contributed by atoms with Crippen molar-refractivity contribution in [1.29, 1.82) is 0 Å². The molecule has 3 aromatic carbocycles. The number of nitrogens with one attached hydrogen (secondary N) is 1. The minimum Gasteiger partial charge on any atom is -0.478 e. The van der Waals surface area contributed by atoms with Gasteiger partial charge in [0, 0.05) is 6.42 Å². The van der Waals surface area contributed by atoms with Crippen LogP contribution in [0.5, 0.6) is 0 Å². The average molecular weight is 414 g/mol. The molecule has 0 unspecified atom stereocenters. The lowest BCUT2D eigenvalue weighted by Crippen LogP contribution is -2.48. The van der Waals surface area contributed by atoms with E-state index in [1.807, 2.05) is 6.07 Å². The molecule has 7 heteroatoms. The molecule has 3 amide bonds. The molecule has 0 saturated carbocycles. The largest absolute Gasteiger partial charge is 0.478 e. The second-order valence-electron chi connectivity index (χ2n) is 7.07. The van der Waals surface area contributed by atoms with Gasteiger partial charge in [0.25, 0.3) is 11.8 Å². The van der Waals surface area contributed by atoms with Gasteiger partial charge in [-0.15, -0.1) is 0 Å². The number of para-hydroxylation sites is 1. The number of benzene rings is 3. The summed E-state index contributed by atoms with van der Waals surface area (Å²) >= 11 is 0. The van der Waals surface area contributed by atoms with Gasteiger partial charge in [0.2, 0.25) is 5.91 Å². The van der Waals surface area contributed by atoms with Crippen molar-refractivity contribution in [2.75, 3.05) is 5.32 Å². The number of anilines is 1. The number of hydrogen-bond donors (Lipinski definition) is 2. The molecule has 0 radical (unpaired) electrons. The first-order valence-electron chi connectivity index (χ1n) is 9.61. The molecule has 1 atom stereocenters. The van der Waals surface area contributed by atoms with Crippen LogP contribution in [0.3, 0.4) is 0 Å². The van der Waals surface area contributed by atoms with Gasteiger partial charge in [-0.25, -0.2) is 4.79 Å². The molecule has 0 aliphatic carbocycles. The molecule has 0 fully saturated rings. The molecule has 0 bridgehead atoms. The molecule has 0 aromatic heterocycles. The summed E-state index contributed by atoms with van der Waals surface area (Å²) in [5, 5.41) is 12.0. The third-order valence-electron chi connectivity index (χ3n) is 5.13. The number of nitrogens with zero attached hydrogens (tertiary/aromatic N) is 1. The lowest BCUT2D eigenvalue weighted by Gasteiger charge is -2.26. The highest BCUT2D eigenvalue weighted by Gasteiger charge is 2.42. The number of carboxylic acid groups (broad SMARTS) is 1. The molecule has 7 nitrogen and oxygen atoms in total. The molecule has 2 N–H and O–H groups in total. The van der Waals surface area contributed by atoms with Crippen LogP contribution in [-0.2, 0) is 11.2 Å². The van der Waals surface area contributed by atoms with Crippen LogP contribution in [0.15, 0.2) is 78.9 Å². The fraction of sp³-hybridized carbons (Fsp3) is 0.0833. The second kappa shape index (κ2) is 8.23. The number of hydrogen-bond acceptors (Lipinski definition) is 4. The summed E-state index contributed by atoms with van der Waals surface area (Å²) in [6.45, 7) is 0. The van der Waals surface area contributed by atoms with E-state index in [1.165, 1.54) is 12.1 Å². The Morgan fingerprint density at radius 3 is 1.97 bits per heavy atom. The Balaban J connectivity index is 1.71. The van der Waals surface area contributed by atoms with Gasteiger partial charge in [-0.3, -0.25) is 19.3 Å². The number of amides is 3. The predicted molar refractivity (Wildman–Crippen MR) is 113 cm³/mol. The summed E-state index contributed by atoms with van der Waals surface area (Å²) in [7, 11) is 0. The molecule has 4 rings (SSSR count). The van der Waals surface area contributed by atoms with E-state index < -0.39 is 29.7 Å². The monoisotopic (exact) mass is 414 g/mol. The van der Waals surface area contributed by atoms with Crippen molar-refractivity contribution in [2.45, 2.75) is 12.5 Å². The molecule has 1 aliphatic rings. The van der Waals surface area contributed by atoms with Crippen LogP contribution in [0, 0.1) is 0 Å². The Hall–Kier alpha value is -4.26. The number of carboxylic acids is 1. The highest BCUT2D eigenvalue weighted by molar-refractivity contribution is 6.23. The van der Waals surface area contributed by atoms with E-state index in [9.17, 15) is 24.3 Å². The van der Waals surface area contributed by atoms with Crippen LogP contribution in [0.4, 0.5) is 5.69 Å². The van der Waals surface area contributed by atoms with Gasteiger partial charge in [-0.05, 0) is 29.8 Å². The predicted octanol–water partition coefficient (Wildman–Crippen LogP) is 3.23. The van der Waals surface area contributed by atoms with Crippen molar-refractivity contribution < 1.29 is 24.3 Å². The summed E-state index contributed by atoms with van der Waals surface area (Å²) in [6, 6.07) is 20.2. The third kappa shape index (κ3) is 3.81. The van der Waals surface area contributed by atoms with E-state index in [0.29, 0.717) is 0 Å². The third-order valence-corrected chi connectivity index (χ3v) is 5.13. The molecule has 0 spiro atoms.